The lowest BCUT2D eigenvalue weighted by atomic mass is 9.97. The van der Waals surface area contributed by atoms with E-state index in [4.69, 9.17) is 19.9 Å². The third-order valence-electron chi connectivity index (χ3n) is 11.2. The summed E-state index contributed by atoms with van der Waals surface area (Å²) in [6.07, 6.45) is 2.00. The summed E-state index contributed by atoms with van der Waals surface area (Å²) in [5, 5.41) is 5.61. The van der Waals surface area contributed by atoms with Gasteiger partial charge < -0.3 is 0 Å². The summed E-state index contributed by atoms with van der Waals surface area (Å²) in [5.74, 6) is 2.29. The number of rotatable bonds is 5. The van der Waals surface area contributed by atoms with Crippen molar-refractivity contribution in [3.63, 3.8) is 0 Å². The van der Waals surface area contributed by atoms with E-state index in [2.05, 4.69) is 185 Å². The quantitative estimate of drug-likeness (QED) is 0.177. The molecule has 0 bridgehead atoms. The molecule has 10 aromatic rings. The third kappa shape index (κ3) is 4.79. The molecule has 0 fully saturated rings. The van der Waals surface area contributed by atoms with Crippen LogP contribution in [0.4, 0.5) is 0 Å². The molecule has 5 heterocycles. The van der Waals surface area contributed by atoms with Crippen LogP contribution in [-0.2, 0) is 0 Å². The van der Waals surface area contributed by atoms with Gasteiger partial charge in [0.1, 0.15) is 5.82 Å². The van der Waals surface area contributed by atoms with E-state index in [-0.39, 0.29) is 0 Å². The van der Waals surface area contributed by atoms with Crippen LogP contribution in [-0.4, -0.2) is 33.6 Å². The number of para-hydroxylation sites is 5. The van der Waals surface area contributed by atoms with Crippen LogP contribution in [0.2, 0.25) is 0 Å². The van der Waals surface area contributed by atoms with Crippen LogP contribution >= 0.6 is 0 Å². The van der Waals surface area contributed by atoms with Crippen molar-refractivity contribution >= 4 is 54.5 Å². The van der Waals surface area contributed by atoms with Crippen molar-refractivity contribution in [2.75, 3.05) is 0 Å². The van der Waals surface area contributed by atoms with Gasteiger partial charge in [0.05, 0.1) is 27.6 Å². The molecule has 2 aliphatic heterocycles. The van der Waals surface area contributed by atoms with E-state index in [1.807, 2.05) is 16.8 Å². The second-order valence-electron chi connectivity index (χ2n) is 14.4. The van der Waals surface area contributed by atoms with E-state index in [1.54, 1.807) is 0 Å². The normalized spacial score (nSPS) is 11.9. The average Bonchev–Trinajstić information content (AvgIpc) is 3.95. The van der Waals surface area contributed by atoms with Crippen LogP contribution in [0, 0.1) is 0 Å². The lowest BCUT2D eigenvalue weighted by Crippen LogP contribution is -2.14. The van der Waals surface area contributed by atoms with Crippen LogP contribution in [0.15, 0.2) is 188 Å². The first kappa shape index (κ1) is 31.5. The summed E-state index contributed by atoms with van der Waals surface area (Å²) in [6.45, 7) is 0. The molecule has 0 radical (unpaired) electrons. The van der Waals surface area contributed by atoms with Gasteiger partial charge in [-0.3, -0.25) is 13.7 Å². The Bertz CT molecular complexity index is 3240. The summed E-state index contributed by atoms with van der Waals surface area (Å²) >= 11 is 0. The van der Waals surface area contributed by atoms with Gasteiger partial charge >= 0.3 is 0 Å². The Morgan fingerprint density at radius 3 is 1.37 bits per heavy atom. The Morgan fingerprint density at radius 2 is 0.772 bits per heavy atom. The number of nitrogens with zero attached hydrogens (tertiary/aromatic N) is 7. The molecule has 2 aliphatic rings. The van der Waals surface area contributed by atoms with Crippen LogP contribution in [0.25, 0.3) is 106 Å². The summed E-state index contributed by atoms with van der Waals surface area (Å²) in [5.41, 5.74) is 10.5. The molecule has 0 spiro atoms. The highest BCUT2D eigenvalue weighted by molar-refractivity contribution is 6.10. The van der Waals surface area contributed by atoms with Crippen molar-refractivity contribution in [2.24, 2.45) is 0 Å². The van der Waals surface area contributed by atoms with Gasteiger partial charge in [-0.25, -0.2) is 4.98 Å². The molecule has 0 saturated heterocycles. The number of pyridine rings is 1. The maximum absolute atomic E-state index is 5.40. The zero-order chi connectivity index (χ0) is 37.5. The second kappa shape index (κ2) is 12.3. The molecular weight excluding hydrogens is 699 g/mol. The fraction of sp³-hybridized carbons (Fsp3) is 0. The van der Waals surface area contributed by atoms with Crippen molar-refractivity contribution in [1.82, 2.24) is 33.6 Å². The van der Waals surface area contributed by atoms with E-state index in [9.17, 15) is 0 Å². The number of hydrogen-bond acceptors (Lipinski definition) is 4. The first-order valence-corrected chi connectivity index (χ1v) is 19.1. The van der Waals surface area contributed by atoms with Gasteiger partial charge in [-0.2, -0.15) is 15.0 Å². The molecular formula is C50H31N7. The van der Waals surface area contributed by atoms with E-state index >= 15 is 0 Å². The van der Waals surface area contributed by atoms with E-state index in [0.717, 1.165) is 82.6 Å². The first-order valence-electron chi connectivity index (χ1n) is 19.1. The highest BCUT2D eigenvalue weighted by Crippen LogP contribution is 2.39. The predicted molar refractivity (Wildman–Crippen MR) is 231 cm³/mol. The summed E-state index contributed by atoms with van der Waals surface area (Å²) in [6, 6.07) is 63.5. The Hall–Kier alpha value is -7.90. The van der Waals surface area contributed by atoms with Crippen molar-refractivity contribution in [3.8, 4) is 51.5 Å². The maximum Gasteiger partial charge on any atom is 0.242 e. The molecule has 12 rings (SSSR count). The number of hydrogen-bond donors (Lipinski definition) is 0. The van der Waals surface area contributed by atoms with Gasteiger partial charge in [-0.05, 0) is 59.2 Å². The Morgan fingerprint density at radius 1 is 0.316 bits per heavy atom. The summed E-state index contributed by atoms with van der Waals surface area (Å²) < 4.78 is 6.32. The lowest BCUT2D eigenvalue weighted by molar-refractivity contribution is 0.823. The van der Waals surface area contributed by atoms with E-state index < -0.39 is 0 Å². The minimum atomic E-state index is 0.472. The fourth-order valence-electron chi connectivity index (χ4n) is 8.63. The Kier molecular flexibility index (Phi) is 6.79. The fourth-order valence-corrected chi connectivity index (χ4v) is 8.63. The van der Waals surface area contributed by atoms with Gasteiger partial charge in [-0.15, -0.1) is 0 Å². The van der Waals surface area contributed by atoms with Crippen molar-refractivity contribution in [1.29, 1.82) is 0 Å². The standard InChI is InChI=1S/C50H31N7/c1-2-15-32(16-3-1)33-17-12-18-34(31-33)35-23-13-24-40-41-25-14-30-55(47(41)51-46(35)40)48-52-49(56-42-26-8-4-19-36(42)37-20-5-9-27-43(37)56)54-50(53-48)57-44-28-10-6-21-38(44)39-22-7-11-29-45(39)57/h1-31H. The van der Waals surface area contributed by atoms with Crippen LogP contribution < -0.4 is 0 Å². The minimum absolute atomic E-state index is 0.472. The average molecular weight is 730 g/mol. The van der Waals surface area contributed by atoms with Gasteiger partial charge in [0.25, 0.3) is 0 Å². The molecule has 0 unspecified atom stereocenters. The van der Waals surface area contributed by atoms with Gasteiger partial charge in [0.15, 0.2) is 0 Å². The molecule has 0 saturated carbocycles. The smallest absolute Gasteiger partial charge is 0.242 e. The largest absolute Gasteiger partial charge is 0.278 e. The summed E-state index contributed by atoms with van der Waals surface area (Å²) in [7, 11) is 0. The van der Waals surface area contributed by atoms with Gasteiger partial charge in [0, 0.05) is 44.3 Å². The first-order chi connectivity index (χ1) is 28.3. The maximum atomic E-state index is 5.40. The third-order valence-corrected chi connectivity index (χ3v) is 11.2. The predicted octanol–water partition coefficient (Wildman–Crippen LogP) is 11.8. The van der Waals surface area contributed by atoms with Crippen LogP contribution in [0.5, 0.6) is 0 Å². The monoisotopic (exact) mass is 729 g/mol. The van der Waals surface area contributed by atoms with E-state index in [0.29, 0.717) is 17.8 Å². The van der Waals surface area contributed by atoms with Crippen molar-refractivity contribution in [3.05, 3.63) is 188 Å². The molecule has 57 heavy (non-hydrogen) atoms. The van der Waals surface area contributed by atoms with Gasteiger partial charge in [0.2, 0.25) is 17.8 Å². The molecule has 7 heteroatoms. The molecule has 0 amide bonds. The molecule has 3 aromatic heterocycles. The summed E-state index contributed by atoms with van der Waals surface area (Å²) in [4.78, 5) is 21.4. The van der Waals surface area contributed by atoms with Crippen LogP contribution in [0.3, 0.4) is 0 Å². The minimum Gasteiger partial charge on any atom is -0.278 e. The SMILES string of the molecule is c1ccc(-c2cccc(-c3cccc4c5cccn(-c6nc(-n7c8ccccc8c8ccccc87)nc(-n7c8ccccc8c8ccccc87)n6)c-5nc34)c2)cc1. The second-order valence-corrected chi connectivity index (χ2v) is 14.4. The zero-order valence-electron chi connectivity index (χ0n) is 30.5. The number of aromatic nitrogens is 7. The number of benzene rings is 7. The van der Waals surface area contributed by atoms with E-state index in [1.165, 1.54) is 5.56 Å². The van der Waals surface area contributed by atoms with Crippen LogP contribution in [0.1, 0.15) is 0 Å². The Balaban J connectivity index is 1.13. The molecule has 0 N–H and O–H groups in total. The number of fused-ring (bicyclic) bond motifs is 9. The topological polar surface area (TPSA) is 66.3 Å². The van der Waals surface area contributed by atoms with Crippen molar-refractivity contribution in [2.45, 2.75) is 0 Å². The lowest BCUT2D eigenvalue weighted by Gasteiger charge is -2.15. The van der Waals surface area contributed by atoms with Crippen molar-refractivity contribution < 1.29 is 0 Å². The molecule has 0 aliphatic carbocycles. The Labute approximate surface area is 326 Å². The molecule has 0 atom stereocenters. The molecule has 7 aromatic carbocycles. The molecule has 266 valence electrons. The molecule has 7 nitrogen and oxygen atoms in total. The van der Waals surface area contributed by atoms with Gasteiger partial charge in [-0.1, -0.05) is 140 Å². The highest BCUT2D eigenvalue weighted by atomic mass is 15.3. The zero-order valence-corrected chi connectivity index (χ0v) is 30.5. The highest BCUT2D eigenvalue weighted by Gasteiger charge is 2.24.